The van der Waals surface area contributed by atoms with Crippen LogP contribution in [0.3, 0.4) is 0 Å². The molecule has 1 aromatic heterocycles. The molecule has 5 rings (SSSR count). The highest BCUT2D eigenvalue weighted by atomic mass is 32.2. The molecule has 2 amide bonds. The zero-order chi connectivity index (χ0) is 29.9. The van der Waals surface area contributed by atoms with Gasteiger partial charge < -0.3 is 15.0 Å². The van der Waals surface area contributed by atoms with Crippen molar-refractivity contribution in [2.24, 2.45) is 4.99 Å². The summed E-state index contributed by atoms with van der Waals surface area (Å²) in [6.07, 6.45) is 0.0322. The van der Waals surface area contributed by atoms with Gasteiger partial charge in [-0.3, -0.25) is 0 Å². The molecule has 0 aliphatic carbocycles. The second-order valence-corrected chi connectivity index (χ2v) is 10.7. The van der Waals surface area contributed by atoms with Crippen LogP contribution < -0.4 is 15.0 Å². The maximum absolute atomic E-state index is 12.6. The number of aliphatic imine (C=N–C) groups is 1. The van der Waals surface area contributed by atoms with Crippen molar-refractivity contribution in [1.29, 1.82) is 0 Å². The topological polar surface area (TPSA) is 84.6 Å². The van der Waals surface area contributed by atoms with Crippen LogP contribution in [0.15, 0.2) is 78.2 Å². The maximum atomic E-state index is 12.6. The van der Waals surface area contributed by atoms with Crippen LogP contribution in [-0.2, 0) is 0 Å². The molecule has 0 atom stereocenters. The number of amidine groups is 1. The molecule has 1 aliphatic heterocycles. The van der Waals surface area contributed by atoms with Gasteiger partial charge in [-0.2, -0.15) is 4.99 Å². The van der Waals surface area contributed by atoms with E-state index in [9.17, 15) is 18.0 Å². The first kappa shape index (κ1) is 28.9. The van der Waals surface area contributed by atoms with Crippen LogP contribution >= 0.6 is 11.8 Å². The summed E-state index contributed by atoms with van der Waals surface area (Å²) >= 11 is 1.56. The molecule has 0 spiro atoms. The van der Waals surface area contributed by atoms with E-state index >= 15 is 0 Å². The minimum atomic E-state index is -4.75. The summed E-state index contributed by atoms with van der Waals surface area (Å²) in [4.78, 5) is 23.3. The second kappa shape index (κ2) is 12.1. The number of nitrogens with one attached hydrogen (secondary N) is 1. The van der Waals surface area contributed by atoms with Crippen molar-refractivity contribution in [3.63, 3.8) is 0 Å². The number of hydrogen-bond acceptors (Lipinski definition) is 5. The van der Waals surface area contributed by atoms with E-state index in [2.05, 4.69) is 62.9 Å². The molecule has 1 fully saturated rings. The van der Waals surface area contributed by atoms with E-state index in [0.29, 0.717) is 16.7 Å². The molecule has 1 aliphatic rings. The number of hydrogen-bond donors (Lipinski definition) is 1. The van der Waals surface area contributed by atoms with E-state index in [-0.39, 0.29) is 5.75 Å². The van der Waals surface area contributed by atoms with E-state index in [1.165, 1.54) is 40.8 Å². The van der Waals surface area contributed by atoms with Crippen LogP contribution in [0.1, 0.15) is 22.3 Å². The van der Waals surface area contributed by atoms with Gasteiger partial charge in [-0.25, -0.2) is 14.5 Å². The molecule has 3 aromatic carbocycles. The number of aromatic nitrogens is 3. The number of halogens is 3. The van der Waals surface area contributed by atoms with Crippen LogP contribution in [-0.4, -0.2) is 44.6 Å². The molecule has 42 heavy (non-hydrogen) atoms. The quantitative estimate of drug-likeness (QED) is 0.258. The molecule has 0 saturated carbocycles. The predicted molar refractivity (Wildman–Crippen MR) is 159 cm³/mol. The number of carbonyl (C=O) groups excluding carboxylic acids is 1. The molecule has 216 valence electrons. The molecule has 1 N–H and O–H groups in total. The average molecular weight is 593 g/mol. The summed E-state index contributed by atoms with van der Waals surface area (Å²) in [6.45, 7) is 7.01. The van der Waals surface area contributed by atoms with E-state index in [1.54, 1.807) is 24.0 Å². The highest BCUT2D eigenvalue weighted by Crippen LogP contribution is 2.32. The van der Waals surface area contributed by atoms with Crippen LogP contribution in [0.25, 0.3) is 23.2 Å². The Morgan fingerprint density at radius 1 is 1.05 bits per heavy atom. The number of benzene rings is 3. The van der Waals surface area contributed by atoms with Gasteiger partial charge in [0.1, 0.15) is 12.1 Å². The van der Waals surface area contributed by atoms with Crippen molar-refractivity contribution in [3.8, 4) is 22.8 Å². The highest BCUT2D eigenvalue weighted by Gasteiger charge is 2.31. The fourth-order valence-corrected chi connectivity index (χ4v) is 5.63. The van der Waals surface area contributed by atoms with E-state index in [4.69, 9.17) is 0 Å². The lowest BCUT2D eigenvalue weighted by atomic mass is 10.0. The van der Waals surface area contributed by atoms with E-state index in [1.807, 2.05) is 24.3 Å². The van der Waals surface area contributed by atoms with Gasteiger partial charge in [0.25, 0.3) is 0 Å². The third-order valence-corrected chi connectivity index (χ3v) is 7.31. The second-order valence-electron chi connectivity index (χ2n) is 9.60. The Morgan fingerprint density at radius 3 is 2.40 bits per heavy atom. The van der Waals surface area contributed by atoms with Crippen LogP contribution in [0.4, 0.5) is 23.7 Å². The number of amides is 2. The van der Waals surface area contributed by atoms with Crippen molar-refractivity contribution in [3.05, 3.63) is 95.4 Å². The fraction of sp³-hybridized carbons (Fsp3) is 0.200. The molecular formula is C30H27F3N6O2S. The highest BCUT2D eigenvalue weighted by molar-refractivity contribution is 8.14. The summed E-state index contributed by atoms with van der Waals surface area (Å²) in [7, 11) is 0. The minimum absolute atomic E-state index is 0.314. The number of thioether (sulfide) groups is 1. The van der Waals surface area contributed by atoms with Crippen LogP contribution in [0.5, 0.6) is 5.75 Å². The maximum Gasteiger partial charge on any atom is 0.573 e. The zero-order valence-corrected chi connectivity index (χ0v) is 23.8. The largest absolute Gasteiger partial charge is 0.573 e. The molecule has 2 heterocycles. The fourth-order valence-electron chi connectivity index (χ4n) is 4.69. The molecule has 0 unspecified atom stereocenters. The summed E-state index contributed by atoms with van der Waals surface area (Å²) in [5, 5.41) is 7.79. The number of nitrogens with zero attached hydrogens (tertiary/aromatic N) is 5. The van der Waals surface area contributed by atoms with Gasteiger partial charge in [-0.1, -0.05) is 53.7 Å². The van der Waals surface area contributed by atoms with Gasteiger partial charge in [0, 0.05) is 29.7 Å². The van der Waals surface area contributed by atoms with Gasteiger partial charge in [0.2, 0.25) is 0 Å². The number of rotatable bonds is 6. The average Bonchev–Trinajstić information content (AvgIpc) is 3.59. The third kappa shape index (κ3) is 7.00. The smallest absolute Gasteiger partial charge is 0.406 e. The Bertz CT molecular complexity index is 1620. The van der Waals surface area contributed by atoms with Gasteiger partial charge in [0.05, 0.1) is 5.69 Å². The Hall–Kier alpha value is -4.58. The first-order valence-corrected chi connectivity index (χ1v) is 14.0. The lowest BCUT2D eigenvalue weighted by Crippen LogP contribution is -2.27. The first-order valence-electron chi connectivity index (χ1n) is 13.0. The lowest BCUT2D eigenvalue weighted by Gasteiger charge is -2.23. The number of ether oxygens (including phenoxy) is 1. The minimum Gasteiger partial charge on any atom is -0.406 e. The van der Waals surface area contributed by atoms with Crippen molar-refractivity contribution >= 4 is 34.7 Å². The number of alkyl halides is 3. The molecule has 1 saturated heterocycles. The van der Waals surface area contributed by atoms with Crippen LogP contribution in [0, 0.1) is 20.8 Å². The molecule has 12 heteroatoms. The van der Waals surface area contributed by atoms with Gasteiger partial charge in [0.15, 0.2) is 11.0 Å². The Kier molecular flexibility index (Phi) is 8.34. The zero-order valence-electron chi connectivity index (χ0n) is 23.0. The lowest BCUT2D eigenvalue weighted by molar-refractivity contribution is -0.274. The monoisotopic (exact) mass is 592 g/mol. The molecule has 4 aromatic rings. The summed E-state index contributed by atoms with van der Waals surface area (Å²) < 4.78 is 42.5. The predicted octanol–water partition coefficient (Wildman–Crippen LogP) is 7.05. The molecule has 0 bridgehead atoms. The Labute approximate surface area is 244 Å². The van der Waals surface area contributed by atoms with E-state index < -0.39 is 12.4 Å². The van der Waals surface area contributed by atoms with Crippen molar-refractivity contribution < 1.29 is 22.7 Å². The van der Waals surface area contributed by atoms with Gasteiger partial charge in [-0.05, 0) is 67.8 Å². The van der Waals surface area contributed by atoms with Gasteiger partial charge >= 0.3 is 12.4 Å². The van der Waals surface area contributed by atoms with E-state index in [0.717, 1.165) is 40.2 Å². The number of aryl methyl sites for hydroxylation is 3. The first-order chi connectivity index (χ1) is 20.1. The van der Waals surface area contributed by atoms with Crippen molar-refractivity contribution in [1.82, 2.24) is 20.1 Å². The SMILES string of the molecule is Cc1cc(C)c(N2CCS/C2=N\C(=O)N/C=C/c2ccc(-c3ncn(-c4ccc(OC(F)(F)F)cc4)n3)cc2)c(C)c1. The Balaban J connectivity index is 1.19. The summed E-state index contributed by atoms with van der Waals surface area (Å²) in [6, 6.07) is 16.5. The van der Waals surface area contributed by atoms with Crippen LogP contribution in [0.2, 0.25) is 0 Å². The summed E-state index contributed by atoms with van der Waals surface area (Å²) in [5.74, 6) is 0.991. The number of urea groups is 1. The standard InChI is InChI=1S/C30H27F3N6O2S/c1-19-16-20(2)26(21(3)17-19)38-14-15-42-29(38)36-28(40)34-13-12-22-4-6-23(7-5-22)27-35-18-39(37-27)24-8-10-25(11-9-24)41-30(31,32)33/h4-13,16-18H,14-15H2,1-3H3,(H,34,40)/b13-12+,36-29-. The summed E-state index contributed by atoms with van der Waals surface area (Å²) in [5.41, 5.74) is 6.73. The molecular weight excluding hydrogens is 565 g/mol. The number of anilines is 1. The van der Waals surface area contributed by atoms with Crippen molar-refractivity contribution in [2.75, 3.05) is 17.2 Å². The van der Waals surface area contributed by atoms with Crippen molar-refractivity contribution in [2.45, 2.75) is 27.1 Å². The third-order valence-electron chi connectivity index (χ3n) is 6.36. The normalized spacial score (nSPS) is 14.6. The van der Waals surface area contributed by atoms with Gasteiger partial charge in [-0.15, -0.1) is 18.3 Å². The number of carbonyl (C=O) groups is 1. The Morgan fingerprint density at radius 2 is 1.74 bits per heavy atom. The molecule has 8 nitrogen and oxygen atoms in total. The molecule has 0 radical (unpaired) electrons.